The van der Waals surface area contributed by atoms with Crippen molar-refractivity contribution in [3.05, 3.63) is 71.2 Å². The minimum absolute atomic E-state index is 0.0590. The van der Waals surface area contributed by atoms with E-state index in [0.717, 1.165) is 11.3 Å². The Balaban J connectivity index is 1.74. The average molecular weight is 464 g/mol. The lowest BCUT2D eigenvalue weighted by Gasteiger charge is -2.29. The first-order chi connectivity index (χ1) is 16.5. The topological polar surface area (TPSA) is 111 Å². The Kier molecular flexibility index (Phi) is 7.12. The van der Waals surface area contributed by atoms with Crippen LogP contribution in [0.3, 0.4) is 0 Å². The summed E-state index contributed by atoms with van der Waals surface area (Å²) in [5, 5.41) is 20.1. The zero-order chi connectivity index (χ0) is 24.1. The van der Waals surface area contributed by atoms with Crippen LogP contribution in [0.5, 0.6) is 11.5 Å². The monoisotopic (exact) mass is 463 g/mol. The summed E-state index contributed by atoms with van der Waals surface area (Å²) in [4.78, 5) is 18.2. The normalized spacial score (nSPS) is 14.9. The van der Waals surface area contributed by atoms with E-state index in [1.165, 1.54) is 0 Å². The standard InChI is InChI=1S/C25H29N5O4/c1-4-34-18-13-11-17(12-14-18)23-22(24(32)27-19-8-5-6-9-20(19)33-3)16(2)26-25-28-21(10-7-15-31)29-30(23)25/h5-6,8-9,11-14,23,31H,4,7,10,15H2,1-3H3,(H,27,32)(H,26,28,29). The smallest absolute Gasteiger partial charge is 0.255 e. The van der Waals surface area contributed by atoms with Gasteiger partial charge in [-0.3, -0.25) is 4.79 Å². The molecule has 0 radical (unpaired) electrons. The number of ether oxygens (including phenoxy) is 2. The molecule has 3 aromatic rings. The van der Waals surface area contributed by atoms with Crippen molar-refractivity contribution in [3.8, 4) is 11.5 Å². The second-order valence-corrected chi connectivity index (χ2v) is 7.85. The molecule has 2 heterocycles. The van der Waals surface area contributed by atoms with Gasteiger partial charge in [-0.15, -0.1) is 0 Å². The van der Waals surface area contributed by atoms with Gasteiger partial charge in [-0.25, -0.2) is 4.68 Å². The van der Waals surface area contributed by atoms with Crippen LogP contribution in [0.25, 0.3) is 0 Å². The first-order valence-electron chi connectivity index (χ1n) is 11.3. The zero-order valence-electron chi connectivity index (χ0n) is 19.5. The van der Waals surface area contributed by atoms with Crippen LogP contribution in [-0.2, 0) is 11.2 Å². The van der Waals surface area contributed by atoms with Crippen LogP contribution in [0, 0.1) is 0 Å². The molecule has 1 aromatic heterocycles. The molecule has 1 unspecified atom stereocenters. The van der Waals surface area contributed by atoms with Crippen LogP contribution in [-0.4, -0.2) is 46.1 Å². The van der Waals surface area contributed by atoms with Gasteiger partial charge in [0.1, 0.15) is 17.5 Å². The van der Waals surface area contributed by atoms with Gasteiger partial charge in [0.15, 0.2) is 5.82 Å². The van der Waals surface area contributed by atoms with Gasteiger partial charge < -0.3 is 25.2 Å². The molecule has 1 atom stereocenters. The third kappa shape index (κ3) is 4.74. The van der Waals surface area contributed by atoms with Crippen molar-refractivity contribution in [1.29, 1.82) is 0 Å². The SMILES string of the molecule is CCOc1ccc(C2C(C(=O)Nc3ccccc3OC)=C(C)Nc3nc(CCCO)nn32)cc1. The molecule has 1 aliphatic heterocycles. The quantitative estimate of drug-likeness (QED) is 0.445. The number of aryl methyl sites for hydroxylation is 1. The van der Waals surface area contributed by atoms with Crippen molar-refractivity contribution in [2.45, 2.75) is 32.7 Å². The van der Waals surface area contributed by atoms with E-state index in [2.05, 4.69) is 20.7 Å². The predicted molar refractivity (Wildman–Crippen MR) is 129 cm³/mol. The van der Waals surface area contributed by atoms with Gasteiger partial charge in [-0.2, -0.15) is 10.1 Å². The van der Waals surface area contributed by atoms with Crippen molar-refractivity contribution < 1.29 is 19.4 Å². The van der Waals surface area contributed by atoms with Crippen LogP contribution in [0.4, 0.5) is 11.6 Å². The third-order valence-electron chi connectivity index (χ3n) is 5.56. The van der Waals surface area contributed by atoms with Crippen molar-refractivity contribution in [1.82, 2.24) is 14.8 Å². The maximum Gasteiger partial charge on any atom is 0.255 e. The molecule has 4 rings (SSSR count). The van der Waals surface area contributed by atoms with Crippen LogP contribution in [0.15, 0.2) is 59.8 Å². The molecule has 9 nitrogen and oxygen atoms in total. The van der Waals surface area contributed by atoms with E-state index in [0.29, 0.717) is 53.9 Å². The molecule has 0 aliphatic carbocycles. The maximum absolute atomic E-state index is 13.6. The molecule has 0 fully saturated rings. The largest absolute Gasteiger partial charge is 0.495 e. The van der Waals surface area contributed by atoms with Gasteiger partial charge in [0, 0.05) is 18.7 Å². The Labute approximate surface area is 198 Å². The molecular weight excluding hydrogens is 434 g/mol. The second kappa shape index (κ2) is 10.4. The van der Waals surface area contributed by atoms with Crippen molar-refractivity contribution in [2.75, 3.05) is 31.0 Å². The van der Waals surface area contributed by atoms with E-state index in [9.17, 15) is 9.90 Å². The number of amides is 1. The number of carbonyl (C=O) groups excluding carboxylic acids is 1. The van der Waals surface area contributed by atoms with Gasteiger partial charge in [0.05, 0.1) is 25.0 Å². The molecule has 0 saturated heterocycles. The number of hydrogen-bond acceptors (Lipinski definition) is 7. The molecule has 0 spiro atoms. The van der Waals surface area contributed by atoms with E-state index in [1.807, 2.05) is 50.2 Å². The van der Waals surface area contributed by atoms with Crippen molar-refractivity contribution in [2.24, 2.45) is 0 Å². The number of aliphatic hydroxyl groups is 1. The van der Waals surface area contributed by atoms with Gasteiger partial charge in [-0.05, 0) is 50.1 Å². The van der Waals surface area contributed by atoms with Crippen molar-refractivity contribution in [3.63, 3.8) is 0 Å². The number of carbonyl (C=O) groups is 1. The molecule has 1 amide bonds. The zero-order valence-corrected chi connectivity index (χ0v) is 19.5. The Morgan fingerprint density at radius 1 is 1.21 bits per heavy atom. The summed E-state index contributed by atoms with van der Waals surface area (Å²) >= 11 is 0. The summed E-state index contributed by atoms with van der Waals surface area (Å²) in [7, 11) is 1.57. The summed E-state index contributed by atoms with van der Waals surface area (Å²) in [6.45, 7) is 4.41. The number of rotatable bonds is 9. The molecule has 3 N–H and O–H groups in total. The lowest BCUT2D eigenvalue weighted by Crippen LogP contribution is -2.31. The number of nitrogens with zero attached hydrogens (tertiary/aromatic N) is 3. The van der Waals surface area contributed by atoms with Gasteiger partial charge in [0.25, 0.3) is 5.91 Å². The van der Waals surface area contributed by atoms with E-state index in [1.54, 1.807) is 23.9 Å². The van der Waals surface area contributed by atoms with E-state index >= 15 is 0 Å². The summed E-state index contributed by atoms with van der Waals surface area (Å²) < 4.78 is 12.7. The highest BCUT2D eigenvalue weighted by molar-refractivity contribution is 6.06. The number of nitrogens with one attached hydrogen (secondary N) is 2. The van der Waals surface area contributed by atoms with Crippen LogP contribution < -0.4 is 20.1 Å². The van der Waals surface area contributed by atoms with Crippen LogP contribution >= 0.6 is 0 Å². The van der Waals surface area contributed by atoms with Gasteiger partial charge in [0.2, 0.25) is 5.95 Å². The molecule has 2 aromatic carbocycles. The molecule has 0 bridgehead atoms. The Bertz CT molecular complexity index is 1190. The fourth-order valence-electron chi connectivity index (χ4n) is 3.99. The average Bonchev–Trinajstić information content (AvgIpc) is 3.25. The van der Waals surface area contributed by atoms with Crippen LogP contribution in [0.1, 0.15) is 37.7 Å². The van der Waals surface area contributed by atoms with E-state index in [4.69, 9.17) is 9.47 Å². The molecule has 34 heavy (non-hydrogen) atoms. The highest BCUT2D eigenvalue weighted by Gasteiger charge is 2.34. The Morgan fingerprint density at radius 2 is 1.97 bits per heavy atom. The number of aliphatic hydroxyl groups excluding tert-OH is 1. The summed E-state index contributed by atoms with van der Waals surface area (Å²) in [6.07, 6.45) is 1.10. The summed E-state index contributed by atoms with van der Waals surface area (Å²) in [6, 6.07) is 14.4. The lowest BCUT2D eigenvalue weighted by atomic mass is 9.95. The number of anilines is 2. The molecule has 178 valence electrons. The highest BCUT2D eigenvalue weighted by atomic mass is 16.5. The Morgan fingerprint density at radius 3 is 2.68 bits per heavy atom. The maximum atomic E-state index is 13.6. The van der Waals surface area contributed by atoms with E-state index in [-0.39, 0.29) is 12.5 Å². The molecular formula is C25H29N5O4. The molecule has 0 saturated carbocycles. The lowest BCUT2D eigenvalue weighted by molar-refractivity contribution is -0.113. The first-order valence-corrected chi connectivity index (χ1v) is 11.3. The summed E-state index contributed by atoms with van der Waals surface area (Å²) in [5.41, 5.74) is 2.64. The number of allylic oxidation sites excluding steroid dienone is 1. The first kappa shape index (κ1) is 23.3. The number of hydrogen-bond donors (Lipinski definition) is 3. The minimum atomic E-state index is -0.503. The molecule has 9 heteroatoms. The highest BCUT2D eigenvalue weighted by Crippen LogP contribution is 2.37. The Hall–Kier alpha value is -3.85. The predicted octanol–water partition coefficient (Wildman–Crippen LogP) is 3.54. The second-order valence-electron chi connectivity index (χ2n) is 7.85. The van der Waals surface area contributed by atoms with Gasteiger partial charge >= 0.3 is 0 Å². The number of aromatic nitrogens is 3. The van der Waals surface area contributed by atoms with Crippen molar-refractivity contribution >= 4 is 17.5 Å². The summed E-state index contributed by atoms with van der Waals surface area (Å²) in [5.74, 6) is 2.21. The number of fused-ring (bicyclic) bond motifs is 1. The number of methoxy groups -OCH3 is 1. The molecule has 1 aliphatic rings. The number of para-hydroxylation sites is 2. The van der Waals surface area contributed by atoms with Crippen LogP contribution in [0.2, 0.25) is 0 Å². The van der Waals surface area contributed by atoms with E-state index < -0.39 is 6.04 Å². The fraction of sp³-hybridized carbons (Fsp3) is 0.320. The fourth-order valence-corrected chi connectivity index (χ4v) is 3.99. The third-order valence-corrected chi connectivity index (χ3v) is 5.56. The van der Waals surface area contributed by atoms with Gasteiger partial charge in [-0.1, -0.05) is 24.3 Å². The number of benzene rings is 2. The minimum Gasteiger partial charge on any atom is -0.495 e.